The molecule has 1 aromatic carbocycles. The number of imidazole rings is 1. The lowest BCUT2D eigenvalue weighted by atomic mass is 10.1. The summed E-state index contributed by atoms with van der Waals surface area (Å²) in [5.41, 5.74) is 1.32. The van der Waals surface area contributed by atoms with Gasteiger partial charge in [0.15, 0.2) is 5.78 Å². The highest BCUT2D eigenvalue weighted by molar-refractivity contribution is 5.94. The molecule has 0 radical (unpaired) electrons. The topological polar surface area (TPSA) is 53.2 Å². The summed E-state index contributed by atoms with van der Waals surface area (Å²) in [5, 5.41) is 0. The number of methoxy groups -OCH3 is 1. The molecule has 0 bridgehead atoms. The van der Waals surface area contributed by atoms with Crippen molar-refractivity contribution in [1.82, 2.24) is 9.13 Å². The second-order valence-electron chi connectivity index (χ2n) is 4.40. The predicted molar refractivity (Wildman–Crippen MR) is 71.8 cm³/mol. The molecule has 0 amide bonds. The van der Waals surface area contributed by atoms with Crippen molar-refractivity contribution in [2.45, 2.75) is 13.5 Å². The van der Waals surface area contributed by atoms with Crippen molar-refractivity contribution in [2.75, 3.05) is 7.11 Å². The molecule has 100 valence electrons. The largest absolute Gasteiger partial charge is 0.496 e. The Morgan fingerprint density at radius 1 is 1.32 bits per heavy atom. The fraction of sp³-hybridized carbons (Fsp3) is 0.286. The van der Waals surface area contributed by atoms with Crippen LogP contribution >= 0.6 is 0 Å². The Morgan fingerprint density at radius 2 is 2.05 bits per heavy atom. The fourth-order valence-corrected chi connectivity index (χ4v) is 1.94. The number of ether oxygens (including phenoxy) is 1. The molecule has 1 aromatic heterocycles. The number of Topliss-reactive ketones (excluding diaryl/α,β-unsaturated/α-hetero) is 1. The minimum atomic E-state index is -0.102. The van der Waals surface area contributed by atoms with E-state index >= 15 is 0 Å². The van der Waals surface area contributed by atoms with Gasteiger partial charge in [0.2, 0.25) is 0 Å². The summed E-state index contributed by atoms with van der Waals surface area (Å²) < 4.78 is 8.34. The van der Waals surface area contributed by atoms with Crippen molar-refractivity contribution in [2.24, 2.45) is 7.05 Å². The van der Waals surface area contributed by atoms with Crippen molar-refractivity contribution in [3.63, 3.8) is 0 Å². The van der Waals surface area contributed by atoms with Crippen molar-refractivity contribution in [1.29, 1.82) is 0 Å². The Balaban J connectivity index is 2.43. The third-order valence-corrected chi connectivity index (χ3v) is 3.05. The van der Waals surface area contributed by atoms with Gasteiger partial charge in [-0.25, -0.2) is 4.79 Å². The molecule has 1 heterocycles. The monoisotopic (exact) mass is 260 g/mol. The second-order valence-corrected chi connectivity index (χ2v) is 4.40. The molecule has 5 heteroatoms. The molecule has 0 N–H and O–H groups in total. The minimum absolute atomic E-state index is 0.00990. The molecule has 0 aliphatic rings. The Hall–Kier alpha value is -2.30. The fourth-order valence-electron chi connectivity index (χ4n) is 1.94. The van der Waals surface area contributed by atoms with Crippen LogP contribution < -0.4 is 10.4 Å². The number of benzene rings is 1. The lowest BCUT2D eigenvalue weighted by molar-refractivity contribution is 0.101. The zero-order chi connectivity index (χ0) is 14.0. The van der Waals surface area contributed by atoms with Gasteiger partial charge in [-0.05, 0) is 25.1 Å². The van der Waals surface area contributed by atoms with Gasteiger partial charge in [0.1, 0.15) is 5.75 Å². The van der Waals surface area contributed by atoms with Gasteiger partial charge in [0.05, 0.1) is 13.7 Å². The van der Waals surface area contributed by atoms with E-state index in [1.807, 2.05) is 0 Å². The summed E-state index contributed by atoms with van der Waals surface area (Å²) in [5.74, 6) is 0.657. The lowest BCUT2D eigenvalue weighted by Gasteiger charge is -2.10. The van der Waals surface area contributed by atoms with Crippen LogP contribution in [0, 0.1) is 0 Å². The van der Waals surface area contributed by atoms with Crippen molar-refractivity contribution >= 4 is 5.78 Å². The third kappa shape index (κ3) is 2.59. The number of carbonyl (C=O) groups is 1. The highest BCUT2D eigenvalue weighted by Gasteiger charge is 2.09. The predicted octanol–water partition coefficient (Wildman–Crippen LogP) is 1.45. The molecular weight excluding hydrogens is 244 g/mol. The SMILES string of the molecule is COc1ccc(C(C)=O)cc1Cn1ccn(C)c1=O. The number of rotatable bonds is 4. The van der Waals surface area contributed by atoms with Gasteiger partial charge in [-0.3, -0.25) is 9.36 Å². The van der Waals surface area contributed by atoms with Gasteiger partial charge < -0.3 is 9.30 Å². The average Bonchev–Trinajstić information content (AvgIpc) is 2.70. The second kappa shape index (κ2) is 5.14. The molecule has 19 heavy (non-hydrogen) atoms. The van der Waals surface area contributed by atoms with E-state index in [1.165, 1.54) is 11.5 Å². The smallest absolute Gasteiger partial charge is 0.328 e. The molecule has 0 spiro atoms. The summed E-state index contributed by atoms with van der Waals surface area (Å²) in [7, 11) is 3.27. The van der Waals surface area contributed by atoms with Crippen LogP contribution in [0.5, 0.6) is 5.75 Å². The van der Waals surface area contributed by atoms with Crippen LogP contribution in [0.25, 0.3) is 0 Å². The molecule has 0 aliphatic heterocycles. The zero-order valence-electron chi connectivity index (χ0n) is 11.2. The molecule has 0 saturated carbocycles. The first-order valence-corrected chi connectivity index (χ1v) is 5.92. The molecule has 0 atom stereocenters. The average molecular weight is 260 g/mol. The van der Waals surface area contributed by atoms with Crippen LogP contribution in [0.3, 0.4) is 0 Å². The Kier molecular flexibility index (Phi) is 3.55. The van der Waals surface area contributed by atoms with E-state index in [2.05, 4.69) is 0 Å². The normalized spacial score (nSPS) is 10.5. The van der Waals surface area contributed by atoms with Crippen LogP contribution in [-0.2, 0) is 13.6 Å². The molecule has 0 fully saturated rings. The third-order valence-electron chi connectivity index (χ3n) is 3.05. The molecular formula is C14H16N2O3. The maximum absolute atomic E-state index is 11.8. The van der Waals surface area contributed by atoms with Gasteiger partial charge in [0, 0.05) is 30.6 Å². The van der Waals surface area contributed by atoms with Crippen LogP contribution in [-0.4, -0.2) is 22.0 Å². The number of hydrogen-bond donors (Lipinski definition) is 0. The van der Waals surface area contributed by atoms with E-state index in [0.29, 0.717) is 17.9 Å². The summed E-state index contributed by atoms with van der Waals surface area (Å²) in [6.07, 6.45) is 3.41. The molecule has 2 rings (SSSR count). The van der Waals surface area contributed by atoms with E-state index in [1.54, 1.807) is 49.3 Å². The van der Waals surface area contributed by atoms with E-state index in [4.69, 9.17) is 4.74 Å². The molecule has 0 aliphatic carbocycles. The standard InChI is InChI=1S/C14H16N2O3/c1-10(17)11-4-5-13(19-3)12(8-11)9-16-7-6-15(2)14(16)18/h4-8H,9H2,1-3H3. The first-order chi connectivity index (χ1) is 9.02. The van der Waals surface area contributed by atoms with Gasteiger partial charge in [-0.15, -0.1) is 0 Å². The van der Waals surface area contributed by atoms with Crippen molar-refractivity contribution < 1.29 is 9.53 Å². The molecule has 0 saturated heterocycles. The van der Waals surface area contributed by atoms with Gasteiger partial charge in [0.25, 0.3) is 0 Å². The molecule has 5 nitrogen and oxygen atoms in total. The van der Waals surface area contributed by atoms with E-state index in [9.17, 15) is 9.59 Å². The minimum Gasteiger partial charge on any atom is -0.496 e. The maximum atomic E-state index is 11.8. The summed E-state index contributed by atoms with van der Waals surface area (Å²) >= 11 is 0. The van der Waals surface area contributed by atoms with Gasteiger partial charge >= 0.3 is 5.69 Å². The summed E-state index contributed by atoms with van der Waals surface area (Å²) in [6, 6.07) is 5.24. The van der Waals surface area contributed by atoms with Crippen LogP contribution in [0.15, 0.2) is 35.4 Å². The van der Waals surface area contributed by atoms with Crippen LogP contribution in [0.4, 0.5) is 0 Å². The van der Waals surface area contributed by atoms with Gasteiger partial charge in [-0.1, -0.05) is 0 Å². The summed E-state index contributed by atoms with van der Waals surface area (Å²) in [6.45, 7) is 1.89. The van der Waals surface area contributed by atoms with E-state index in [-0.39, 0.29) is 11.5 Å². The number of aromatic nitrogens is 2. The Labute approximate surface area is 111 Å². The quantitative estimate of drug-likeness (QED) is 0.782. The maximum Gasteiger partial charge on any atom is 0.328 e. The number of carbonyl (C=O) groups excluding carboxylic acids is 1. The number of aryl methyl sites for hydroxylation is 1. The highest BCUT2D eigenvalue weighted by Crippen LogP contribution is 2.21. The van der Waals surface area contributed by atoms with E-state index < -0.39 is 0 Å². The molecule has 0 unspecified atom stereocenters. The van der Waals surface area contributed by atoms with E-state index in [0.717, 1.165) is 5.56 Å². The zero-order valence-corrected chi connectivity index (χ0v) is 11.2. The first kappa shape index (κ1) is 13.1. The lowest BCUT2D eigenvalue weighted by Crippen LogP contribution is -2.22. The Morgan fingerprint density at radius 3 is 2.58 bits per heavy atom. The van der Waals surface area contributed by atoms with Gasteiger partial charge in [-0.2, -0.15) is 0 Å². The number of hydrogen-bond acceptors (Lipinski definition) is 3. The first-order valence-electron chi connectivity index (χ1n) is 5.92. The number of ketones is 1. The number of nitrogens with zero attached hydrogens (tertiary/aromatic N) is 2. The Bertz CT molecular complexity index is 668. The summed E-state index contributed by atoms with van der Waals surface area (Å²) in [4.78, 5) is 23.2. The molecule has 2 aromatic rings. The van der Waals surface area contributed by atoms with Crippen LogP contribution in [0.2, 0.25) is 0 Å². The van der Waals surface area contributed by atoms with Crippen LogP contribution in [0.1, 0.15) is 22.8 Å². The highest BCUT2D eigenvalue weighted by atomic mass is 16.5. The van der Waals surface area contributed by atoms with Crippen molar-refractivity contribution in [3.05, 3.63) is 52.2 Å². The van der Waals surface area contributed by atoms with Crippen molar-refractivity contribution in [3.8, 4) is 5.75 Å².